The summed E-state index contributed by atoms with van der Waals surface area (Å²) in [4.78, 5) is 23.1. The van der Waals surface area contributed by atoms with Crippen molar-refractivity contribution in [1.82, 2.24) is 20.8 Å². The number of rotatable bonds is 6. The molecule has 112 valence electrons. The first-order chi connectivity index (χ1) is 9.30. The van der Waals surface area contributed by atoms with E-state index in [-0.39, 0.29) is 18.4 Å². The topological polar surface area (TPSA) is 86.9 Å². The average Bonchev–Trinajstić information content (AvgIpc) is 2.76. The van der Waals surface area contributed by atoms with E-state index in [9.17, 15) is 9.59 Å². The zero-order valence-corrected chi connectivity index (χ0v) is 12.7. The van der Waals surface area contributed by atoms with E-state index in [1.54, 1.807) is 6.20 Å². The number of amides is 2. The Morgan fingerprint density at radius 1 is 1.30 bits per heavy atom. The average molecular weight is 280 g/mol. The van der Waals surface area contributed by atoms with Gasteiger partial charge in [0.05, 0.1) is 12.7 Å². The van der Waals surface area contributed by atoms with Gasteiger partial charge in [-0.15, -0.1) is 0 Å². The van der Waals surface area contributed by atoms with Crippen LogP contribution in [0, 0.1) is 12.3 Å². The predicted octanol–water partition coefficient (Wildman–Crippen LogP) is 0.929. The number of aromatic nitrogens is 2. The Labute approximate surface area is 119 Å². The highest BCUT2D eigenvalue weighted by Gasteiger charge is 2.21. The molecule has 3 N–H and O–H groups in total. The van der Waals surface area contributed by atoms with Crippen LogP contribution in [0.4, 0.5) is 0 Å². The van der Waals surface area contributed by atoms with Gasteiger partial charge in [-0.2, -0.15) is 5.10 Å². The molecule has 0 atom stereocenters. The van der Waals surface area contributed by atoms with Crippen LogP contribution in [0.3, 0.4) is 0 Å². The van der Waals surface area contributed by atoms with Crippen molar-refractivity contribution >= 4 is 11.8 Å². The summed E-state index contributed by atoms with van der Waals surface area (Å²) in [6, 6.07) is 0. The molecule has 1 aromatic heterocycles. The lowest BCUT2D eigenvalue weighted by Crippen LogP contribution is -2.41. The van der Waals surface area contributed by atoms with Crippen molar-refractivity contribution in [3.05, 3.63) is 17.5 Å². The molecule has 0 aliphatic carbocycles. The SMILES string of the molecule is Cc1[nH]ncc1CCCNC(=O)CNC(=O)C(C)(C)C. The fourth-order valence-corrected chi connectivity index (χ4v) is 1.62. The number of carbonyl (C=O) groups is 2. The summed E-state index contributed by atoms with van der Waals surface area (Å²) in [5.74, 6) is -0.284. The molecule has 0 fully saturated rings. The van der Waals surface area contributed by atoms with E-state index in [0.29, 0.717) is 6.54 Å². The molecule has 0 saturated carbocycles. The summed E-state index contributed by atoms with van der Waals surface area (Å²) in [6.07, 6.45) is 3.52. The number of hydrogen-bond donors (Lipinski definition) is 3. The molecule has 0 spiro atoms. The van der Waals surface area contributed by atoms with E-state index in [1.807, 2.05) is 27.7 Å². The van der Waals surface area contributed by atoms with Gasteiger partial charge in [0.2, 0.25) is 11.8 Å². The van der Waals surface area contributed by atoms with Crippen LogP contribution >= 0.6 is 0 Å². The molecule has 1 rings (SSSR count). The van der Waals surface area contributed by atoms with Crippen LogP contribution in [0.1, 0.15) is 38.4 Å². The third-order valence-electron chi connectivity index (χ3n) is 2.97. The van der Waals surface area contributed by atoms with Gasteiger partial charge >= 0.3 is 0 Å². The van der Waals surface area contributed by atoms with Crippen molar-refractivity contribution in [2.45, 2.75) is 40.5 Å². The molecule has 0 unspecified atom stereocenters. The molecule has 0 saturated heterocycles. The van der Waals surface area contributed by atoms with Crippen molar-refractivity contribution < 1.29 is 9.59 Å². The molecule has 6 nitrogen and oxygen atoms in total. The Balaban J connectivity index is 2.15. The fraction of sp³-hybridized carbons (Fsp3) is 0.643. The number of hydrogen-bond acceptors (Lipinski definition) is 3. The van der Waals surface area contributed by atoms with Crippen LogP contribution in [-0.4, -0.2) is 35.1 Å². The van der Waals surface area contributed by atoms with Gasteiger partial charge in [0.25, 0.3) is 0 Å². The molecule has 0 bridgehead atoms. The maximum atomic E-state index is 11.6. The standard InChI is InChI=1S/C14H24N4O2/c1-10-11(8-17-18-10)6-5-7-15-12(19)9-16-13(20)14(2,3)4/h8H,5-7,9H2,1-4H3,(H,15,19)(H,16,20)(H,17,18). The Morgan fingerprint density at radius 3 is 2.55 bits per heavy atom. The van der Waals surface area contributed by atoms with Crippen molar-refractivity contribution in [2.75, 3.05) is 13.1 Å². The highest BCUT2D eigenvalue weighted by atomic mass is 16.2. The van der Waals surface area contributed by atoms with Gasteiger partial charge in [0.15, 0.2) is 0 Å². The monoisotopic (exact) mass is 280 g/mol. The maximum Gasteiger partial charge on any atom is 0.239 e. The molecule has 6 heteroatoms. The lowest BCUT2D eigenvalue weighted by atomic mass is 9.96. The zero-order chi connectivity index (χ0) is 15.2. The summed E-state index contributed by atoms with van der Waals surface area (Å²) >= 11 is 0. The molecule has 0 radical (unpaired) electrons. The van der Waals surface area contributed by atoms with E-state index in [0.717, 1.165) is 18.5 Å². The van der Waals surface area contributed by atoms with Crippen molar-refractivity contribution in [2.24, 2.45) is 5.41 Å². The molecule has 0 aliphatic heterocycles. The number of nitrogens with one attached hydrogen (secondary N) is 3. The van der Waals surface area contributed by atoms with Gasteiger partial charge in [0.1, 0.15) is 0 Å². The molecular formula is C14H24N4O2. The first kappa shape index (κ1) is 16.2. The van der Waals surface area contributed by atoms with Crippen LogP contribution < -0.4 is 10.6 Å². The minimum absolute atomic E-state index is 0.0286. The Kier molecular flexibility index (Phi) is 5.73. The summed E-state index contributed by atoms with van der Waals surface area (Å²) in [5, 5.41) is 12.2. The van der Waals surface area contributed by atoms with Crippen LogP contribution in [0.2, 0.25) is 0 Å². The maximum absolute atomic E-state index is 11.6. The number of aromatic amines is 1. The predicted molar refractivity (Wildman–Crippen MR) is 77.1 cm³/mol. The Morgan fingerprint density at radius 2 is 2.00 bits per heavy atom. The van der Waals surface area contributed by atoms with Gasteiger partial charge in [-0.1, -0.05) is 20.8 Å². The molecule has 1 heterocycles. The molecular weight excluding hydrogens is 256 g/mol. The van der Waals surface area contributed by atoms with E-state index in [2.05, 4.69) is 20.8 Å². The van der Waals surface area contributed by atoms with E-state index < -0.39 is 5.41 Å². The first-order valence-corrected chi connectivity index (χ1v) is 6.84. The minimum Gasteiger partial charge on any atom is -0.355 e. The third-order valence-corrected chi connectivity index (χ3v) is 2.97. The van der Waals surface area contributed by atoms with Crippen molar-refractivity contribution in [3.8, 4) is 0 Å². The second kappa shape index (κ2) is 7.07. The van der Waals surface area contributed by atoms with Crippen LogP contribution in [-0.2, 0) is 16.0 Å². The normalized spacial score (nSPS) is 11.2. The number of nitrogens with zero attached hydrogens (tertiary/aromatic N) is 1. The summed E-state index contributed by atoms with van der Waals surface area (Å²) in [5.41, 5.74) is 1.76. The number of carbonyl (C=O) groups excluding carboxylic acids is 2. The highest BCUT2D eigenvalue weighted by Crippen LogP contribution is 2.11. The van der Waals surface area contributed by atoms with Gasteiger partial charge in [-0.05, 0) is 25.3 Å². The lowest BCUT2D eigenvalue weighted by Gasteiger charge is -2.17. The molecule has 20 heavy (non-hydrogen) atoms. The fourth-order valence-electron chi connectivity index (χ4n) is 1.62. The van der Waals surface area contributed by atoms with E-state index in [1.165, 1.54) is 5.56 Å². The van der Waals surface area contributed by atoms with Crippen LogP contribution in [0.15, 0.2) is 6.20 Å². The van der Waals surface area contributed by atoms with Crippen LogP contribution in [0.5, 0.6) is 0 Å². The quantitative estimate of drug-likeness (QED) is 0.677. The van der Waals surface area contributed by atoms with Crippen molar-refractivity contribution in [3.63, 3.8) is 0 Å². The van der Waals surface area contributed by atoms with Gasteiger partial charge in [0, 0.05) is 17.7 Å². The number of H-pyrrole nitrogens is 1. The molecule has 2 amide bonds. The summed E-state index contributed by atoms with van der Waals surface area (Å²) in [6.45, 7) is 8.03. The smallest absolute Gasteiger partial charge is 0.239 e. The minimum atomic E-state index is -0.473. The van der Waals surface area contributed by atoms with Crippen molar-refractivity contribution in [1.29, 1.82) is 0 Å². The van der Waals surface area contributed by atoms with Gasteiger partial charge in [-0.3, -0.25) is 14.7 Å². The Bertz CT molecular complexity index is 460. The first-order valence-electron chi connectivity index (χ1n) is 6.84. The molecule has 1 aromatic rings. The number of aryl methyl sites for hydroxylation is 2. The Hall–Kier alpha value is -1.85. The second-order valence-electron chi connectivity index (χ2n) is 5.91. The largest absolute Gasteiger partial charge is 0.355 e. The third kappa shape index (κ3) is 5.42. The summed E-state index contributed by atoms with van der Waals surface area (Å²) < 4.78 is 0. The molecule has 0 aromatic carbocycles. The highest BCUT2D eigenvalue weighted by molar-refractivity contribution is 5.87. The van der Waals surface area contributed by atoms with E-state index in [4.69, 9.17) is 0 Å². The summed E-state index contributed by atoms with van der Waals surface area (Å²) in [7, 11) is 0. The van der Waals surface area contributed by atoms with Gasteiger partial charge < -0.3 is 10.6 Å². The van der Waals surface area contributed by atoms with E-state index >= 15 is 0 Å². The second-order valence-corrected chi connectivity index (χ2v) is 5.91. The lowest BCUT2D eigenvalue weighted by molar-refractivity contribution is -0.131. The zero-order valence-electron chi connectivity index (χ0n) is 12.7. The van der Waals surface area contributed by atoms with Gasteiger partial charge in [-0.25, -0.2) is 0 Å². The van der Waals surface area contributed by atoms with Crippen LogP contribution in [0.25, 0.3) is 0 Å². The molecule has 0 aliphatic rings.